The van der Waals surface area contributed by atoms with Crippen molar-refractivity contribution in [3.63, 3.8) is 0 Å². The van der Waals surface area contributed by atoms with Gasteiger partial charge in [0, 0.05) is 31.7 Å². The lowest BCUT2D eigenvalue weighted by atomic mass is 10.0. The van der Waals surface area contributed by atoms with Crippen LogP contribution in [0.5, 0.6) is 11.5 Å². The first-order valence-corrected chi connectivity index (χ1v) is 10.0. The average Bonchev–Trinajstić information content (AvgIpc) is 2.78. The van der Waals surface area contributed by atoms with Gasteiger partial charge in [0.25, 0.3) is 5.91 Å². The molecule has 2 N–H and O–H groups in total. The molecule has 7 nitrogen and oxygen atoms in total. The van der Waals surface area contributed by atoms with Crippen molar-refractivity contribution < 1.29 is 23.8 Å². The standard InChI is InChI=1S/C23H30N2O5/c1-4-30-14-8-13-24-23(27)19(15-17-9-6-5-7-10-17)25-22(26)18-11-12-20(28-2)21(16-18)29-3/h5-7,9-12,16,19H,4,8,13-15H2,1-3H3,(H,24,27)(H,25,26)/t19-/m1/s1. The van der Waals surface area contributed by atoms with Crippen LogP contribution in [-0.2, 0) is 16.0 Å². The van der Waals surface area contributed by atoms with E-state index in [0.29, 0.717) is 49.7 Å². The molecule has 0 saturated heterocycles. The van der Waals surface area contributed by atoms with Gasteiger partial charge in [-0.25, -0.2) is 0 Å². The van der Waals surface area contributed by atoms with E-state index in [1.807, 2.05) is 37.3 Å². The lowest BCUT2D eigenvalue weighted by Crippen LogP contribution is -2.48. The zero-order chi connectivity index (χ0) is 21.8. The molecular weight excluding hydrogens is 384 g/mol. The third-order valence-corrected chi connectivity index (χ3v) is 4.52. The molecule has 0 aliphatic carbocycles. The van der Waals surface area contributed by atoms with Gasteiger partial charge in [-0.1, -0.05) is 30.3 Å². The molecule has 0 aliphatic heterocycles. The van der Waals surface area contributed by atoms with E-state index in [9.17, 15) is 9.59 Å². The van der Waals surface area contributed by atoms with Gasteiger partial charge in [-0.3, -0.25) is 9.59 Å². The summed E-state index contributed by atoms with van der Waals surface area (Å²) in [5.74, 6) is 0.387. The van der Waals surface area contributed by atoms with E-state index < -0.39 is 6.04 Å². The summed E-state index contributed by atoms with van der Waals surface area (Å²) in [5, 5.41) is 5.73. The van der Waals surface area contributed by atoms with Crippen LogP contribution in [0.1, 0.15) is 29.3 Å². The summed E-state index contributed by atoms with van der Waals surface area (Å²) in [6, 6.07) is 13.8. The molecule has 0 fully saturated rings. The predicted octanol–water partition coefficient (Wildman–Crippen LogP) is 2.59. The smallest absolute Gasteiger partial charge is 0.252 e. The van der Waals surface area contributed by atoms with Crippen molar-refractivity contribution >= 4 is 11.8 Å². The third-order valence-electron chi connectivity index (χ3n) is 4.52. The van der Waals surface area contributed by atoms with Crippen molar-refractivity contribution in [2.45, 2.75) is 25.8 Å². The number of rotatable bonds is 12. The molecular formula is C23H30N2O5. The number of benzene rings is 2. The Morgan fingerprint density at radius 1 is 1.00 bits per heavy atom. The minimum atomic E-state index is -0.708. The largest absolute Gasteiger partial charge is 0.493 e. The maximum Gasteiger partial charge on any atom is 0.252 e. The van der Waals surface area contributed by atoms with Crippen LogP contribution >= 0.6 is 0 Å². The van der Waals surface area contributed by atoms with Gasteiger partial charge in [0.15, 0.2) is 11.5 Å². The molecule has 0 spiro atoms. The molecule has 0 bridgehead atoms. The van der Waals surface area contributed by atoms with Crippen molar-refractivity contribution in [3.8, 4) is 11.5 Å². The summed E-state index contributed by atoms with van der Waals surface area (Å²) in [7, 11) is 3.04. The summed E-state index contributed by atoms with van der Waals surface area (Å²) >= 11 is 0. The fourth-order valence-corrected chi connectivity index (χ4v) is 2.93. The molecule has 0 aliphatic rings. The highest BCUT2D eigenvalue weighted by atomic mass is 16.5. The Labute approximate surface area is 177 Å². The molecule has 2 amide bonds. The fraction of sp³-hybridized carbons (Fsp3) is 0.391. The highest BCUT2D eigenvalue weighted by molar-refractivity contribution is 5.98. The van der Waals surface area contributed by atoms with Gasteiger partial charge in [0.2, 0.25) is 5.91 Å². The topological polar surface area (TPSA) is 85.9 Å². The number of hydrogen-bond donors (Lipinski definition) is 2. The molecule has 0 unspecified atom stereocenters. The van der Waals surface area contributed by atoms with Gasteiger partial charge in [-0.15, -0.1) is 0 Å². The van der Waals surface area contributed by atoms with Gasteiger partial charge in [-0.05, 0) is 37.1 Å². The van der Waals surface area contributed by atoms with Gasteiger partial charge in [-0.2, -0.15) is 0 Å². The Bertz CT molecular complexity index is 810. The highest BCUT2D eigenvalue weighted by Crippen LogP contribution is 2.27. The third kappa shape index (κ3) is 7.08. The van der Waals surface area contributed by atoms with Gasteiger partial charge < -0.3 is 24.8 Å². The minimum absolute atomic E-state index is 0.232. The lowest BCUT2D eigenvalue weighted by Gasteiger charge is -2.19. The number of carbonyl (C=O) groups is 2. The van der Waals surface area contributed by atoms with Crippen LogP contribution in [0.2, 0.25) is 0 Å². The van der Waals surface area contributed by atoms with Crippen LogP contribution in [0.4, 0.5) is 0 Å². The number of hydrogen-bond acceptors (Lipinski definition) is 5. The van der Waals surface area contributed by atoms with E-state index in [1.165, 1.54) is 14.2 Å². The molecule has 162 valence electrons. The van der Waals surface area contributed by atoms with Crippen molar-refractivity contribution in [1.29, 1.82) is 0 Å². The first-order valence-electron chi connectivity index (χ1n) is 10.0. The van der Waals surface area contributed by atoms with E-state index in [1.54, 1.807) is 18.2 Å². The van der Waals surface area contributed by atoms with Crippen LogP contribution in [0.3, 0.4) is 0 Å². The van der Waals surface area contributed by atoms with Crippen LogP contribution in [0.25, 0.3) is 0 Å². The van der Waals surface area contributed by atoms with Crippen molar-refractivity contribution in [1.82, 2.24) is 10.6 Å². The van der Waals surface area contributed by atoms with Crippen molar-refractivity contribution in [3.05, 3.63) is 59.7 Å². The Morgan fingerprint density at radius 3 is 2.40 bits per heavy atom. The Kier molecular flexibility index (Phi) is 9.67. The van der Waals surface area contributed by atoms with Crippen LogP contribution < -0.4 is 20.1 Å². The second-order valence-corrected chi connectivity index (χ2v) is 6.63. The number of nitrogens with one attached hydrogen (secondary N) is 2. The quantitative estimate of drug-likeness (QED) is 0.522. The van der Waals surface area contributed by atoms with E-state index >= 15 is 0 Å². The maximum absolute atomic E-state index is 12.8. The van der Waals surface area contributed by atoms with E-state index in [0.717, 1.165) is 5.56 Å². The Hall–Kier alpha value is -3.06. The Balaban J connectivity index is 2.09. The molecule has 0 radical (unpaired) electrons. The maximum atomic E-state index is 12.8. The molecule has 2 aromatic carbocycles. The predicted molar refractivity (Wildman–Crippen MR) is 115 cm³/mol. The first-order chi connectivity index (χ1) is 14.6. The lowest BCUT2D eigenvalue weighted by molar-refractivity contribution is -0.123. The molecule has 0 heterocycles. The molecule has 0 saturated carbocycles. The summed E-state index contributed by atoms with van der Waals surface area (Å²) < 4.78 is 15.8. The SMILES string of the molecule is CCOCCCNC(=O)[C@@H](Cc1ccccc1)NC(=O)c1ccc(OC)c(OC)c1. The zero-order valence-electron chi connectivity index (χ0n) is 17.8. The molecule has 2 rings (SSSR count). The summed E-state index contributed by atoms with van der Waals surface area (Å²) in [4.78, 5) is 25.6. The monoisotopic (exact) mass is 414 g/mol. The van der Waals surface area contributed by atoms with E-state index in [4.69, 9.17) is 14.2 Å². The molecule has 1 atom stereocenters. The van der Waals surface area contributed by atoms with Crippen LogP contribution in [0, 0.1) is 0 Å². The normalized spacial score (nSPS) is 11.4. The van der Waals surface area contributed by atoms with Crippen molar-refractivity contribution in [2.75, 3.05) is 34.0 Å². The summed E-state index contributed by atoms with van der Waals surface area (Å²) in [6.07, 6.45) is 1.10. The van der Waals surface area contributed by atoms with Gasteiger partial charge in [0.1, 0.15) is 6.04 Å². The summed E-state index contributed by atoms with van der Waals surface area (Å²) in [5.41, 5.74) is 1.34. The molecule has 30 heavy (non-hydrogen) atoms. The molecule has 0 aromatic heterocycles. The molecule has 7 heteroatoms. The number of ether oxygens (including phenoxy) is 3. The minimum Gasteiger partial charge on any atom is -0.493 e. The fourth-order valence-electron chi connectivity index (χ4n) is 2.93. The van der Waals surface area contributed by atoms with E-state index in [2.05, 4.69) is 10.6 Å². The van der Waals surface area contributed by atoms with Crippen molar-refractivity contribution in [2.24, 2.45) is 0 Å². The number of carbonyl (C=O) groups excluding carboxylic acids is 2. The van der Waals surface area contributed by atoms with Gasteiger partial charge >= 0.3 is 0 Å². The highest BCUT2D eigenvalue weighted by Gasteiger charge is 2.22. The zero-order valence-corrected chi connectivity index (χ0v) is 17.8. The Morgan fingerprint density at radius 2 is 1.73 bits per heavy atom. The first kappa shape index (κ1) is 23.2. The number of amides is 2. The van der Waals surface area contributed by atoms with Gasteiger partial charge in [0.05, 0.1) is 14.2 Å². The second kappa shape index (κ2) is 12.5. The molecule has 2 aromatic rings. The van der Waals surface area contributed by atoms with E-state index in [-0.39, 0.29) is 11.8 Å². The van der Waals surface area contributed by atoms with Crippen LogP contribution in [-0.4, -0.2) is 51.8 Å². The average molecular weight is 415 g/mol. The van der Waals surface area contributed by atoms with Crippen LogP contribution in [0.15, 0.2) is 48.5 Å². The summed E-state index contributed by atoms with van der Waals surface area (Å²) in [6.45, 7) is 3.64. The second-order valence-electron chi connectivity index (χ2n) is 6.63. The number of methoxy groups -OCH3 is 2.